The number of thiophene rings is 1. The van der Waals surface area contributed by atoms with Gasteiger partial charge >= 0.3 is 0 Å². The van der Waals surface area contributed by atoms with Crippen LogP contribution in [-0.4, -0.2) is 29.7 Å². The number of carbonyl (C=O) groups excluding carboxylic acids is 2. The summed E-state index contributed by atoms with van der Waals surface area (Å²) >= 11 is 1.53. The van der Waals surface area contributed by atoms with E-state index in [2.05, 4.69) is 15.6 Å². The van der Waals surface area contributed by atoms with Crippen LogP contribution in [0.2, 0.25) is 0 Å². The number of furan rings is 1. The minimum atomic E-state index is 0.0881. The molecular formula is C21H28N2O3S. The molecule has 27 heavy (non-hydrogen) atoms. The van der Waals surface area contributed by atoms with E-state index < -0.39 is 0 Å². The minimum absolute atomic E-state index is 0.0881. The van der Waals surface area contributed by atoms with Crippen LogP contribution in [0.25, 0.3) is 0 Å². The van der Waals surface area contributed by atoms with Crippen molar-refractivity contribution in [1.29, 1.82) is 0 Å². The van der Waals surface area contributed by atoms with Crippen molar-refractivity contribution in [2.24, 2.45) is 5.92 Å². The summed E-state index contributed by atoms with van der Waals surface area (Å²) < 4.78 is 5.47. The molecule has 0 bridgehead atoms. The number of piperidine rings is 1. The van der Waals surface area contributed by atoms with Gasteiger partial charge in [0.2, 0.25) is 5.91 Å². The molecule has 1 N–H and O–H groups in total. The van der Waals surface area contributed by atoms with Gasteiger partial charge in [-0.2, -0.15) is 0 Å². The molecule has 1 aliphatic heterocycles. The van der Waals surface area contributed by atoms with Gasteiger partial charge in [0.15, 0.2) is 5.78 Å². The van der Waals surface area contributed by atoms with Crippen molar-refractivity contribution in [3.8, 4) is 0 Å². The van der Waals surface area contributed by atoms with Crippen LogP contribution in [-0.2, 0) is 17.9 Å². The van der Waals surface area contributed by atoms with Crippen LogP contribution in [0.5, 0.6) is 0 Å². The third-order valence-corrected chi connectivity index (χ3v) is 6.13. The summed E-state index contributed by atoms with van der Waals surface area (Å²) in [6.07, 6.45) is 3.83. The van der Waals surface area contributed by atoms with Gasteiger partial charge in [-0.1, -0.05) is 0 Å². The first-order valence-corrected chi connectivity index (χ1v) is 10.5. The zero-order chi connectivity index (χ0) is 19.2. The van der Waals surface area contributed by atoms with E-state index in [1.165, 1.54) is 29.7 Å². The molecule has 0 aliphatic carbocycles. The number of hydrogen-bond donors (Lipinski definition) is 1. The molecule has 0 spiro atoms. The molecule has 146 valence electrons. The Morgan fingerprint density at radius 3 is 2.93 bits per heavy atom. The van der Waals surface area contributed by atoms with Crippen LogP contribution in [0, 0.1) is 12.8 Å². The number of carbonyl (C=O) groups is 2. The van der Waals surface area contributed by atoms with E-state index in [-0.39, 0.29) is 11.7 Å². The summed E-state index contributed by atoms with van der Waals surface area (Å²) in [5.74, 6) is 2.44. The van der Waals surface area contributed by atoms with Gasteiger partial charge in [-0.25, -0.2) is 0 Å². The lowest BCUT2D eigenvalue weighted by Crippen LogP contribution is -2.35. The summed E-state index contributed by atoms with van der Waals surface area (Å²) in [4.78, 5) is 26.8. The molecule has 1 fully saturated rings. The van der Waals surface area contributed by atoms with Gasteiger partial charge in [-0.05, 0) is 74.7 Å². The van der Waals surface area contributed by atoms with Gasteiger partial charge in [0.25, 0.3) is 0 Å². The SMILES string of the molecule is CC(=O)c1cc(CN2CCCC(CCC(=O)NCc3ccc(C)o3)C2)cs1. The molecule has 1 aliphatic rings. The van der Waals surface area contributed by atoms with Crippen LogP contribution in [0.1, 0.15) is 59.4 Å². The Balaban J connectivity index is 1.39. The Hall–Kier alpha value is -1.92. The number of nitrogens with one attached hydrogen (secondary N) is 1. The maximum Gasteiger partial charge on any atom is 0.220 e. The van der Waals surface area contributed by atoms with Crippen LogP contribution >= 0.6 is 11.3 Å². The second-order valence-corrected chi connectivity index (χ2v) is 8.36. The minimum Gasteiger partial charge on any atom is -0.465 e. The van der Waals surface area contributed by atoms with Crippen molar-refractivity contribution in [3.05, 3.63) is 45.5 Å². The lowest BCUT2D eigenvalue weighted by molar-refractivity contribution is -0.121. The highest BCUT2D eigenvalue weighted by atomic mass is 32.1. The summed E-state index contributed by atoms with van der Waals surface area (Å²) in [6, 6.07) is 5.82. The highest BCUT2D eigenvalue weighted by Gasteiger charge is 2.21. The van der Waals surface area contributed by atoms with Crippen molar-refractivity contribution in [3.63, 3.8) is 0 Å². The van der Waals surface area contributed by atoms with Crippen LogP contribution in [0.15, 0.2) is 28.0 Å². The van der Waals surface area contributed by atoms with E-state index in [1.54, 1.807) is 6.92 Å². The van der Waals surface area contributed by atoms with Crippen LogP contribution in [0.3, 0.4) is 0 Å². The van der Waals surface area contributed by atoms with E-state index in [4.69, 9.17) is 4.42 Å². The van der Waals surface area contributed by atoms with Gasteiger partial charge in [-0.15, -0.1) is 11.3 Å². The van der Waals surface area contributed by atoms with Crippen molar-refractivity contribution >= 4 is 23.0 Å². The fourth-order valence-corrected chi connectivity index (χ4v) is 4.43. The van der Waals surface area contributed by atoms with Gasteiger partial charge in [0, 0.05) is 19.5 Å². The summed E-state index contributed by atoms with van der Waals surface area (Å²) in [6.45, 7) is 6.98. The maximum absolute atomic E-state index is 12.1. The molecule has 0 aromatic carbocycles. The van der Waals surface area contributed by atoms with Gasteiger partial charge < -0.3 is 9.73 Å². The lowest BCUT2D eigenvalue weighted by atomic mass is 9.93. The largest absolute Gasteiger partial charge is 0.465 e. The summed E-state index contributed by atoms with van der Waals surface area (Å²) in [7, 11) is 0. The smallest absolute Gasteiger partial charge is 0.220 e. The molecule has 2 aromatic rings. The monoisotopic (exact) mass is 388 g/mol. The van der Waals surface area contributed by atoms with Gasteiger partial charge in [0.1, 0.15) is 11.5 Å². The van der Waals surface area contributed by atoms with Gasteiger partial charge in [0.05, 0.1) is 11.4 Å². The molecule has 0 saturated carbocycles. The van der Waals surface area contributed by atoms with E-state index in [1.807, 2.05) is 25.1 Å². The number of hydrogen-bond acceptors (Lipinski definition) is 5. The van der Waals surface area contributed by atoms with E-state index in [0.717, 1.165) is 42.5 Å². The molecule has 3 heterocycles. The molecule has 6 heteroatoms. The second kappa shape index (κ2) is 9.33. The Kier molecular flexibility index (Phi) is 6.85. The van der Waals surface area contributed by atoms with E-state index >= 15 is 0 Å². The second-order valence-electron chi connectivity index (χ2n) is 7.45. The number of aryl methyl sites for hydroxylation is 1. The normalized spacial score (nSPS) is 17.8. The number of nitrogens with zero attached hydrogens (tertiary/aromatic N) is 1. The highest BCUT2D eigenvalue weighted by Crippen LogP contribution is 2.24. The van der Waals surface area contributed by atoms with Crippen molar-refractivity contribution in [2.45, 2.75) is 52.6 Å². The quantitative estimate of drug-likeness (QED) is 0.690. The average molecular weight is 389 g/mol. The topological polar surface area (TPSA) is 62.6 Å². The molecule has 5 nitrogen and oxygen atoms in total. The molecule has 3 rings (SSSR count). The molecular weight excluding hydrogens is 360 g/mol. The molecule has 1 saturated heterocycles. The first kappa shape index (κ1) is 19.8. The zero-order valence-corrected chi connectivity index (χ0v) is 16.9. The first-order valence-electron chi connectivity index (χ1n) is 9.62. The molecule has 1 atom stereocenters. The Morgan fingerprint density at radius 2 is 2.22 bits per heavy atom. The van der Waals surface area contributed by atoms with E-state index in [9.17, 15) is 9.59 Å². The molecule has 1 unspecified atom stereocenters. The number of rotatable bonds is 8. The Labute approximate surface area is 164 Å². The van der Waals surface area contributed by atoms with Crippen molar-refractivity contribution in [1.82, 2.24) is 10.2 Å². The van der Waals surface area contributed by atoms with E-state index in [0.29, 0.717) is 18.9 Å². The highest BCUT2D eigenvalue weighted by molar-refractivity contribution is 7.12. The summed E-state index contributed by atoms with van der Waals surface area (Å²) in [5.41, 5.74) is 1.22. The predicted molar refractivity (Wildman–Crippen MR) is 107 cm³/mol. The first-order chi connectivity index (χ1) is 13.0. The molecule has 2 aromatic heterocycles. The molecule has 0 radical (unpaired) electrons. The van der Waals surface area contributed by atoms with Crippen molar-refractivity contribution < 1.29 is 14.0 Å². The van der Waals surface area contributed by atoms with Crippen LogP contribution in [0.4, 0.5) is 0 Å². The fourth-order valence-electron chi connectivity index (χ4n) is 3.62. The third-order valence-electron chi connectivity index (χ3n) is 5.05. The average Bonchev–Trinajstić information content (AvgIpc) is 3.27. The Bertz CT molecular complexity index is 780. The predicted octanol–water partition coefficient (Wildman–Crippen LogP) is 4.16. The number of likely N-dealkylation sites (tertiary alicyclic amines) is 1. The number of amides is 1. The lowest BCUT2D eigenvalue weighted by Gasteiger charge is -2.32. The summed E-state index contributed by atoms with van der Waals surface area (Å²) in [5, 5.41) is 5.03. The van der Waals surface area contributed by atoms with Crippen LogP contribution < -0.4 is 5.32 Å². The molecule has 1 amide bonds. The standard InChI is InChI=1S/C21H28N2O3S/c1-15-5-7-19(26-15)11-22-21(25)8-6-17-4-3-9-23(12-17)13-18-10-20(16(2)24)27-14-18/h5,7,10,14,17H,3-4,6,8-9,11-13H2,1-2H3,(H,22,25). The number of ketones is 1. The maximum atomic E-state index is 12.1. The number of Topliss-reactive ketones (excluding diaryl/α,β-unsaturated/α-hetero) is 1. The van der Waals surface area contributed by atoms with Gasteiger partial charge in [-0.3, -0.25) is 14.5 Å². The third kappa shape index (κ3) is 6.04. The zero-order valence-electron chi connectivity index (χ0n) is 16.1. The fraction of sp³-hybridized carbons (Fsp3) is 0.524. The van der Waals surface area contributed by atoms with Crippen molar-refractivity contribution in [2.75, 3.05) is 13.1 Å². The Morgan fingerprint density at radius 1 is 1.37 bits per heavy atom.